The molecule has 38 heavy (non-hydrogen) atoms. The van der Waals surface area contributed by atoms with Gasteiger partial charge in [0, 0.05) is 38.3 Å². The van der Waals surface area contributed by atoms with Crippen molar-refractivity contribution in [1.82, 2.24) is 4.90 Å². The number of hydrogen-bond acceptors (Lipinski definition) is 6. The van der Waals surface area contributed by atoms with Gasteiger partial charge in [0.05, 0.1) is 11.3 Å². The number of aromatic carboxylic acids is 1. The van der Waals surface area contributed by atoms with Crippen LogP contribution in [0.2, 0.25) is 0 Å². The second kappa shape index (κ2) is 12.3. The largest absolute Gasteiger partial charge is 0.491 e. The average molecular weight is 519 g/mol. The first kappa shape index (κ1) is 27.5. The highest BCUT2D eigenvalue weighted by molar-refractivity contribution is 5.94. The highest BCUT2D eigenvalue weighted by Crippen LogP contribution is 2.35. The van der Waals surface area contributed by atoms with Crippen LogP contribution >= 0.6 is 0 Å². The maximum absolute atomic E-state index is 11.6. The van der Waals surface area contributed by atoms with Crippen molar-refractivity contribution in [3.63, 3.8) is 0 Å². The van der Waals surface area contributed by atoms with Gasteiger partial charge in [0.2, 0.25) is 0 Å². The first-order chi connectivity index (χ1) is 18.2. The zero-order chi connectivity index (χ0) is 27.1. The summed E-state index contributed by atoms with van der Waals surface area (Å²) < 4.78 is 12.1. The van der Waals surface area contributed by atoms with Gasteiger partial charge in [-0.2, -0.15) is 0 Å². The van der Waals surface area contributed by atoms with Gasteiger partial charge < -0.3 is 24.6 Å². The standard InChI is InChI=1S/C31H38N2O5/c1-31(2,3)27-19-25(13-14-29(27)38-21-23-9-5-4-6-10-23)37-22-24(34)20-32-15-17-33(18-16-32)28-12-8-7-11-26(28)30(35)36/h4-14,19,24,34H,15-18,20-22H2,1-3H3,(H,35,36). The lowest BCUT2D eigenvalue weighted by molar-refractivity contribution is 0.0661. The van der Waals surface area contributed by atoms with E-state index in [1.807, 2.05) is 60.7 Å². The van der Waals surface area contributed by atoms with E-state index in [1.165, 1.54) is 0 Å². The summed E-state index contributed by atoms with van der Waals surface area (Å²) >= 11 is 0. The molecule has 0 radical (unpaired) electrons. The van der Waals surface area contributed by atoms with Crippen LogP contribution in [0.3, 0.4) is 0 Å². The van der Waals surface area contributed by atoms with Crippen LogP contribution in [0.1, 0.15) is 42.3 Å². The maximum Gasteiger partial charge on any atom is 0.337 e. The molecule has 1 saturated heterocycles. The van der Waals surface area contributed by atoms with Gasteiger partial charge in [-0.25, -0.2) is 4.79 Å². The fourth-order valence-electron chi connectivity index (χ4n) is 4.69. The van der Waals surface area contributed by atoms with Crippen molar-refractivity contribution in [3.05, 3.63) is 89.5 Å². The second-order valence-electron chi connectivity index (χ2n) is 10.8. The third-order valence-corrected chi connectivity index (χ3v) is 6.75. The maximum atomic E-state index is 11.6. The lowest BCUT2D eigenvalue weighted by Crippen LogP contribution is -2.49. The van der Waals surface area contributed by atoms with Crippen molar-refractivity contribution in [3.8, 4) is 11.5 Å². The van der Waals surface area contributed by atoms with Gasteiger partial charge in [-0.15, -0.1) is 0 Å². The summed E-state index contributed by atoms with van der Waals surface area (Å²) in [4.78, 5) is 15.8. The summed E-state index contributed by atoms with van der Waals surface area (Å²) in [7, 11) is 0. The molecule has 1 fully saturated rings. The zero-order valence-corrected chi connectivity index (χ0v) is 22.5. The molecule has 0 aliphatic carbocycles. The quantitative estimate of drug-likeness (QED) is 0.398. The molecule has 0 bridgehead atoms. The predicted molar refractivity (Wildman–Crippen MR) is 149 cm³/mol. The molecule has 4 rings (SSSR count). The predicted octanol–water partition coefficient (Wildman–Crippen LogP) is 4.82. The van der Waals surface area contributed by atoms with Crippen LogP contribution in [-0.2, 0) is 12.0 Å². The molecule has 1 aliphatic heterocycles. The molecule has 1 heterocycles. The summed E-state index contributed by atoms with van der Waals surface area (Å²) in [5.41, 5.74) is 3.10. The number of ether oxygens (including phenoxy) is 2. The van der Waals surface area contributed by atoms with Gasteiger partial charge >= 0.3 is 5.97 Å². The normalized spacial score (nSPS) is 15.2. The number of aliphatic hydroxyl groups is 1. The number of rotatable bonds is 10. The van der Waals surface area contributed by atoms with Gasteiger partial charge in [-0.3, -0.25) is 4.90 Å². The molecule has 202 valence electrons. The van der Waals surface area contributed by atoms with Gasteiger partial charge in [0.25, 0.3) is 0 Å². The van der Waals surface area contributed by atoms with E-state index in [1.54, 1.807) is 12.1 Å². The van der Waals surface area contributed by atoms with Crippen molar-refractivity contribution < 1.29 is 24.5 Å². The molecule has 1 atom stereocenters. The Labute approximate surface area is 225 Å². The number of carbonyl (C=O) groups is 1. The Morgan fingerprint density at radius 3 is 2.29 bits per heavy atom. The fourth-order valence-corrected chi connectivity index (χ4v) is 4.69. The molecule has 0 aromatic heterocycles. The van der Waals surface area contributed by atoms with Crippen LogP contribution in [0.25, 0.3) is 0 Å². The molecule has 3 aromatic rings. The number of benzene rings is 3. The Morgan fingerprint density at radius 2 is 1.61 bits per heavy atom. The fraction of sp³-hybridized carbons (Fsp3) is 0.387. The second-order valence-corrected chi connectivity index (χ2v) is 10.8. The molecule has 1 unspecified atom stereocenters. The molecule has 3 aromatic carbocycles. The van der Waals surface area contributed by atoms with Crippen molar-refractivity contribution in [1.29, 1.82) is 0 Å². The minimum absolute atomic E-state index is 0.136. The third-order valence-electron chi connectivity index (χ3n) is 6.75. The minimum Gasteiger partial charge on any atom is -0.491 e. The number of aliphatic hydroxyl groups excluding tert-OH is 1. The van der Waals surface area contributed by atoms with E-state index in [4.69, 9.17) is 9.47 Å². The van der Waals surface area contributed by atoms with Crippen LogP contribution in [0.4, 0.5) is 5.69 Å². The molecule has 0 amide bonds. The van der Waals surface area contributed by atoms with Crippen molar-refractivity contribution in [2.24, 2.45) is 0 Å². The number of β-amino-alcohol motifs (C(OH)–C–C–N with tert-alkyl or cyclic N) is 1. The molecule has 1 aliphatic rings. The van der Waals surface area contributed by atoms with E-state index in [0.29, 0.717) is 37.6 Å². The Morgan fingerprint density at radius 1 is 0.921 bits per heavy atom. The van der Waals surface area contributed by atoms with Crippen LogP contribution in [-0.4, -0.2) is 66.5 Å². The molecule has 2 N–H and O–H groups in total. The van der Waals surface area contributed by atoms with E-state index in [0.717, 1.165) is 35.7 Å². The van der Waals surface area contributed by atoms with Crippen molar-refractivity contribution in [2.45, 2.75) is 38.9 Å². The number of anilines is 1. The number of hydrogen-bond donors (Lipinski definition) is 2. The molecular weight excluding hydrogens is 480 g/mol. The van der Waals surface area contributed by atoms with Gasteiger partial charge in [0.1, 0.15) is 30.8 Å². The number of para-hydroxylation sites is 1. The van der Waals surface area contributed by atoms with Crippen molar-refractivity contribution in [2.75, 3.05) is 44.2 Å². The van der Waals surface area contributed by atoms with Crippen LogP contribution in [0, 0.1) is 0 Å². The average Bonchev–Trinajstić information content (AvgIpc) is 2.91. The first-order valence-electron chi connectivity index (χ1n) is 13.1. The summed E-state index contributed by atoms with van der Waals surface area (Å²) in [6.07, 6.45) is -0.639. The van der Waals surface area contributed by atoms with Crippen LogP contribution < -0.4 is 14.4 Å². The lowest BCUT2D eigenvalue weighted by atomic mass is 9.86. The topological polar surface area (TPSA) is 82.5 Å². The molecule has 0 spiro atoms. The highest BCUT2D eigenvalue weighted by Gasteiger charge is 2.23. The lowest BCUT2D eigenvalue weighted by Gasteiger charge is -2.37. The van der Waals surface area contributed by atoms with Crippen LogP contribution in [0.15, 0.2) is 72.8 Å². The number of nitrogens with zero attached hydrogens (tertiary/aromatic N) is 2. The molecule has 7 heteroatoms. The number of carboxylic acid groups (broad SMARTS) is 1. The monoisotopic (exact) mass is 518 g/mol. The van der Waals surface area contributed by atoms with E-state index in [-0.39, 0.29) is 12.0 Å². The minimum atomic E-state index is -0.916. The number of piperazine rings is 1. The van der Waals surface area contributed by atoms with Gasteiger partial charge in [-0.05, 0) is 41.3 Å². The van der Waals surface area contributed by atoms with Gasteiger partial charge in [-0.1, -0.05) is 63.2 Å². The molecule has 0 saturated carbocycles. The Bertz CT molecular complexity index is 1200. The summed E-state index contributed by atoms with van der Waals surface area (Å²) in [6, 6.07) is 23.0. The Balaban J connectivity index is 1.29. The Hall–Kier alpha value is -3.55. The zero-order valence-electron chi connectivity index (χ0n) is 22.5. The Kier molecular flexibility index (Phi) is 8.92. The van der Waals surface area contributed by atoms with Crippen molar-refractivity contribution >= 4 is 11.7 Å². The van der Waals surface area contributed by atoms with E-state index in [9.17, 15) is 15.0 Å². The third kappa shape index (κ3) is 7.27. The van der Waals surface area contributed by atoms with E-state index >= 15 is 0 Å². The SMILES string of the molecule is CC(C)(C)c1cc(OCC(O)CN2CCN(c3ccccc3C(=O)O)CC2)ccc1OCc1ccccc1. The van der Waals surface area contributed by atoms with E-state index < -0.39 is 12.1 Å². The smallest absolute Gasteiger partial charge is 0.337 e. The summed E-state index contributed by atoms with van der Waals surface area (Å²) in [5.74, 6) is 0.619. The first-order valence-corrected chi connectivity index (χ1v) is 13.1. The summed E-state index contributed by atoms with van der Waals surface area (Å²) in [5, 5.41) is 20.2. The van der Waals surface area contributed by atoms with Crippen LogP contribution in [0.5, 0.6) is 11.5 Å². The summed E-state index contributed by atoms with van der Waals surface area (Å²) in [6.45, 7) is 10.5. The molecular formula is C31H38N2O5. The molecule has 7 nitrogen and oxygen atoms in total. The highest BCUT2D eigenvalue weighted by atomic mass is 16.5. The number of carboxylic acids is 1. The van der Waals surface area contributed by atoms with Gasteiger partial charge in [0.15, 0.2) is 0 Å². The van der Waals surface area contributed by atoms with E-state index in [2.05, 4.69) is 30.6 Å².